The van der Waals surface area contributed by atoms with Crippen molar-refractivity contribution in [2.24, 2.45) is 23.7 Å². The minimum atomic E-state index is -1.21. The SMILES string of the molecule is CCC1OC(=O)C(C)C(O)C(C)CC(C)C[C@@H](C)C(=O)CC[C@]1(C)OC(=O)OC. The number of esters is 1. The molecule has 168 valence electrons. The minimum absolute atomic E-state index is 0.0800. The molecule has 0 aromatic carbocycles. The summed E-state index contributed by atoms with van der Waals surface area (Å²) in [6.45, 7) is 11.0. The van der Waals surface area contributed by atoms with Gasteiger partial charge in [0.25, 0.3) is 0 Å². The molecule has 1 N–H and O–H groups in total. The van der Waals surface area contributed by atoms with Crippen molar-refractivity contribution in [3.8, 4) is 0 Å². The van der Waals surface area contributed by atoms with Crippen molar-refractivity contribution in [3.05, 3.63) is 0 Å². The summed E-state index contributed by atoms with van der Waals surface area (Å²) in [5.41, 5.74) is -1.21. The maximum absolute atomic E-state index is 12.7. The van der Waals surface area contributed by atoms with E-state index in [1.807, 2.05) is 20.8 Å². The second-order valence-corrected chi connectivity index (χ2v) is 8.90. The van der Waals surface area contributed by atoms with Crippen molar-refractivity contribution < 1.29 is 33.7 Å². The zero-order chi connectivity index (χ0) is 22.4. The van der Waals surface area contributed by atoms with Crippen LogP contribution in [0.5, 0.6) is 0 Å². The van der Waals surface area contributed by atoms with Gasteiger partial charge in [-0.1, -0.05) is 27.7 Å². The molecule has 0 spiro atoms. The molecule has 1 saturated heterocycles. The topological polar surface area (TPSA) is 99.1 Å². The second-order valence-electron chi connectivity index (χ2n) is 8.90. The fourth-order valence-electron chi connectivity index (χ4n) is 4.25. The highest BCUT2D eigenvalue weighted by molar-refractivity contribution is 5.80. The summed E-state index contributed by atoms with van der Waals surface area (Å²) in [5.74, 6) is -1.20. The number of methoxy groups -OCH3 is 1. The van der Waals surface area contributed by atoms with Crippen LogP contribution in [0, 0.1) is 23.7 Å². The third-order valence-electron chi connectivity index (χ3n) is 6.21. The van der Waals surface area contributed by atoms with Gasteiger partial charge in [0.2, 0.25) is 0 Å². The smallest absolute Gasteiger partial charge is 0.458 e. The van der Waals surface area contributed by atoms with Crippen LogP contribution in [0.15, 0.2) is 0 Å². The van der Waals surface area contributed by atoms with Crippen molar-refractivity contribution >= 4 is 17.9 Å². The molecule has 7 nitrogen and oxygen atoms in total. The molecule has 1 heterocycles. The number of ether oxygens (including phenoxy) is 3. The lowest BCUT2D eigenvalue weighted by Crippen LogP contribution is -2.48. The number of rotatable bonds is 2. The maximum Gasteiger partial charge on any atom is 0.508 e. The van der Waals surface area contributed by atoms with Crippen molar-refractivity contribution in [3.63, 3.8) is 0 Å². The van der Waals surface area contributed by atoms with Gasteiger partial charge in [-0.15, -0.1) is 0 Å². The lowest BCUT2D eigenvalue weighted by molar-refractivity contribution is -0.176. The predicted molar refractivity (Wildman–Crippen MR) is 108 cm³/mol. The number of carbonyl (C=O) groups excluding carboxylic acids is 3. The van der Waals surface area contributed by atoms with Crippen LogP contribution < -0.4 is 0 Å². The number of aliphatic hydroxyl groups excluding tert-OH is 1. The third kappa shape index (κ3) is 6.98. The summed E-state index contributed by atoms with van der Waals surface area (Å²) >= 11 is 0. The first-order chi connectivity index (χ1) is 13.4. The van der Waals surface area contributed by atoms with Crippen LogP contribution in [0.1, 0.15) is 73.6 Å². The molecule has 0 aliphatic carbocycles. The fraction of sp³-hybridized carbons (Fsp3) is 0.864. The molecule has 0 amide bonds. The van der Waals surface area contributed by atoms with E-state index in [1.54, 1.807) is 13.8 Å². The molecule has 7 atom stereocenters. The van der Waals surface area contributed by atoms with Crippen molar-refractivity contribution in [1.29, 1.82) is 0 Å². The van der Waals surface area contributed by atoms with Crippen LogP contribution in [0.25, 0.3) is 0 Å². The van der Waals surface area contributed by atoms with Gasteiger partial charge in [0.1, 0.15) is 11.9 Å². The van der Waals surface area contributed by atoms with Crippen molar-refractivity contribution in [1.82, 2.24) is 0 Å². The highest BCUT2D eigenvalue weighted by Crippen LogP contribution is 2.32. The number of hydrogen-bond acceptors (Lipinski definition) is 7. The highest BCUT2D eigenvalue weighted by atomic mass is 16.7. The minimum Gasteiger partial charge on any atom is -0.458 e. The van der Waals surface area contributed by atoms with E-state index < -0.39 is 35.9 Å². The van der Waals surface area contributed by atoms with Crippen LogP contribution >= 0.6 is 0 Å². The van der Waals surface area contributed by atoms with Gasteiger partial charge in [-0.2, -0.15) is 0 Å². The lowest BCUT2D eigenvalue weighted by Gasteiger charge is -2.37. The van der Waals surface area contributed by atoms with E-state index in [4.69, 9.17) is 9.47 Å². The summed E-state index contributed by atoms with van der Waals surface area (Å²) in [4.78, 5) is 37.3. The first kappa shape index (κ1) is 25.4. The summed E-state index contributed by atoms with van der Waals surface area (Å²) in [5, 5.41) is 10.7. The molecule has 0 bridgehead atoms. The van der Waals surface area contributed by atoms with Gasteiger partial charge in [0.05, 0.1) is 19.1 Å². The molecule has 1 aliphatic heterocycles. The molecular weight excluding hydrogens is 376 g/mol. The number of Topliss-reactive ketones (excluding diaryl/α,β-unsaturated/α-hetero) is 1. The molecule has 1 rings (SSSR count). The number of hydrogen-bond donors (Lipinski definition) is 1. The number of ketones is 1. The van der Waals surface area contributed by atoms with E-state index in [-0.39, 0.29) is 36.4 Å². The zero-order valence-corrected chi connectivity index (χ0v) is 18.9. The molecule has 0 saturated carbocycles. The van der Waals surface area contributed by atoms with Gasteiger partial charge < -0.3 is 19.3 Å². The van der Waals surface area contributed by atoms with Gasteiger partial charge in [-0.25, -0.2) is 4.79 Å². The van der Waals surface area contributed by atoms with Gasteiger partial charge in [0.15, 0.2) is 5.60 Å². The second kappa shape index (κ2) is 11.0. The third-order valence-corrected chi connectivity index (χ3v) is 6.21. The Bertz CT molecular complexity index is 576. The van der Waals surface area contributed by atoms with Crippen molar-refractivity contribution in [2.45, 2.75) is 91.5 Å². The van der Waals surface area contributed by atoms with Crippen LogP contribution in [0.4, 0.5) is 4.79 Å². The molecule has 0 aromatic heterocycles. The molecule has 5 unspecified atom stereocenters. The molecular formula is C22H38O7. The Kier molecular flexibility index (Phi) is 9.59. The summed E-state index contributed by atoms with van der Waals surface area (Å²) in [6, 6.07) is 0. The maximum atomic E-state index is 12.7. The lowest BCUT2D eigenvalue weighted by atomic mass is 9.81. The summed E-state index contributed by atoms with van der Waals surface area (Å²) in [7, 11) is 1.20. The molecule has 0 radical (unpaired) electrons. The predicted octanol–water partition coefficient (Wildman–Crippen LogP) is 3.90. The Morgan fingerprint density at radius 2 is 1.83 bits per heavy atom. The van der Waals surface area contributed by atoms with E-state index in [2.05, 4.69) is 11.7 Å². The van der Waals surface area contributed by atoms with Gasteiger partial charge in [-0.05, 0) is 51.4 Å². The Balaban J connectivity index is 3.23. The summed E-state index contributed by atoms with van der Waals surface area (Å²) < 4.78 is 15.8. The first-order valence-corrected chi connectivity index (χ1v) is 10.6. The van der Waals surface area contributed by atoms with Crippen molar-refractivity contribution in [2.75, 3.05) is 7.11 Å². The van der Waals surface area contributed by atoms with Crippen LogP contribution in [0.2, 0.25) is 0 Å². The van der Waals surface area contributed by atoms with Crippen LogP contribution in [-0.4, -0.2) is 47.9 Å². The average molecular weight is 415 g/mol. The monoisotopic (exact) mass is 414 g/mol. The summed E-state index contributed by atoms with van der Waals surface area (Å²) in [6.07, 6.45) is -0.260. The van der Waals surface area contributed by atoms with E-state index in [0.29, 0.717) is 12.8 Å². The molecule has 7 heteroatoms. The van der Waals surface area contributed by atoms with E-state index in [9.17, 15) is 19.5 Å². The number of cyclic esters (lactones) is 1. The number of carbonyl (C=O) groups is 3. The highest BCUT2D eigenvalue weighted by Gasteiger charge is 2.42. The Hall–Kier alpha value is -1.63. The molecule has 1 fully saturated rings. The Morgan fingerprint density at radius 1 is 1.21 bits per heavy atom. The van der Waals surface area contributed by atoms with Gasteiger partial charge >= 0.3 is 12.1 Å². The van der Waals surface area contributed by atoms with Gasteiger partial charge in [-0.3, -0.25) is 9.59 Å². The van der Waals surface area contributed by atoms with Crippen LogP contribution in [0.3, 0.4) is 0 Å². The largest absolute Gasteiger partial charge is 0.508 e. The van der Waals surface area contributed by atoms with Crippen LogP contribution in [-0.2, 0) is 23.8 Å². The molecule has 1 aliphatic rings. The standard InChI is InChI=1S/C22H38O7/c1-8-18-22(6,29-21(26)27-7)10-9-17(23)14(3)11-13(2)12-15(4)19(24)16(5)20(25)28-18/h13-16,18-19,24H,8-12H2,1-7H3/t13?,14-,15?,16?,18?,19?,22+/m1/s1. The normalized spacial score (nSPS) is 37.9. The first-order valence-electron chi connectivity index (χ1n) is 10.6. The number of aliphatic hydroxyl groups is 1. The van der Waals surface area contributed by atoms with E-state index in [0.717, 1.165) is 6.42 Å². The molecule has 0 aromatic rings. The Labute approximate surface area is 174 Å². The fourth-order valence-corrected chi connectivity index (χ4v) is 4.25. The van der Waals surface area contributed by atoms with Gasteiger partial charge in [0, 0.05) is 12.3 Å². The molecule has 29 heavy (non-hydrogen) atoms. The zero-order valence-electron chi connectivity index (χ0n) is 18.9. The quantitative estimate of drug-likeness (QED) is 0.684. The van der Waals surface area contributed by atoms with E-state index >= 15 is 0 Å². The Morgan fingerprint density at radius 3 is 2.38 bits per heavy atom. The average Bonchev–Trinajstić information content (AvgIpc) is 2.67. The van der Waals surface area contributed by atoms with E-state index in [1.165, 1.54) is 7.11 Å².